The van der Waals surface area contributed by atoms with E-state index in [9.17, 15) is 0 Å². The first-order valence-corrected chi connectivity index (χ1v) is 6.87. The van der Waals surface area contributed by atoms with Crippen molar-refractivity contribution < 1.29 is 0 Å². The minimum Gasteiger partial charge on any atom is -0.369 e. The normalized spacial score (nSPS) is 12.2. The number of rotatable bonds is 7. The quantitative estimate of drug-likeness (QED) is 0.766. The third kappa shape index (κ3) is 4.70. The Balaban J connectivity index is 2.38. The van der Waals surface area contributed by atoms with Crippen LogP contribution in [-0.4, -0.2) is 34.6 Å². The molecule has 0 saturated heterocycles. The lowest BCUT2D eigenvalue weighted by Gasteiger charge is -2.10. The summed E-state index contributed by atoms with van der Waals surface area (Å²) in [6.07, 6.45) is 6.76. The summed E-state index contributed by atoms with van der Waals surface area (Å²) in [6.45, 7) is 6.07. The van der Waals surface area contributed by atoms with E-state index in [-0.39, 0.29) is 0 Å². The average Bonchev–Trinajstić information content (AvgIpc) is 2.30. The number of nitrogens with one attached hydrogen (secondary N) is 2. The molecule has 0 spiro atoms. The predicted octanol–water partition coefficient (Wildman–Crippen LogP) is 2.46. The first kappa shape index (κ1) is 13.1. The van der Waals surface area contributed by atoms with Crippen LogP contribution in [0.2, 0.25) is 0 Å². The highest BCUT2D eigenvalue weighted by atomic mass is 32.2. The maximum Gasteiger partial charge on any atom is 0.146 e. The lowest BCUT2D eigenvalue weighted by molar-refractivity contribution is 0.849. The standard InChI is InChI=1S/C11H20N4S/c1-4-13-10-7-12-8-11(15-10)14-6-5-9(2)16-3/h7-9H,4-6H2,1-3H3,(H2,13,14,15). The molecule has 1 aromatic heterocycles. The van der Waals surface area contributed by atoms with E-state index in [1.165, 1.54) is 0 Å². The Bertz CT molecular complexity index is 306. The number of hydrogen-bond donors (Lipinski definition) is 2. The molecule has 5 heteroatoms. The van der Waals surface area contributed by atoms with Gasteiger partial charge < -0.3 is 10.6 Å². The summed E-state index contributed by atoms with van der Waals surface area (Å²) in [4.78, 5) is 8.52. The van der Waals surface area contributed by atoms with Crippen LogP contribution in [-0.2, 0) is 0 Å². The van der Waals surface area contributed by atoms with Crippen LogP contribution in [0.1, 0.15) is 20.3 Å². The molecule has 1 atom stereocenters. The third-order valence-corrected chi connectivity index (χ3v) is 3.29. The third-order valence-electron chi connectivity index (χ3n) is 2.25. The summed E-state index contributed by atoms with van der Waals surface area (Å²) < 4.78 is 0. The van der Waals surface area contributed by atoms with Crippen LogP contribution in [0.5, 0.6) is 0 Å². The molecule has 0 aliphatic carbocycles. The van der Waals surface area contributed by atoms with Crippen LogP contribution < -0.4 is 10.6 Å². The van der Waals surface area contributed by atoms with Crippen LogP contribution in [0, 0.1) is 0 Å². The molecule has 0 amide bonds. The summed E-state index contributed by atoms with van der Waals surface area (Å²) in [7, 11) is 0. The molecule has 1 unspecified atom stereocenters. The SMILES string of the molecule is CCNc1cncc(NCCC(C)SC)n1. The molecule has 0 fully saturated rings. The van der Waals surface area contributed by atoms with Crippen LogP contribution in [0.15, 0.2) is 12.4 Å². The summed E-state index contributed by atoms with van der Waals surface area (Å²) in [5, 5.41) is 7.10. The van der Waals surface area contributed by atoms with Gasteiger partial charge in [0.1, 0.15) is 11.6 Å². The first-order valence-electron chi connectivity index (χ1n) is 5.58. The largest absolute Gasteiger partial charge is 0.369 e. The van der Waals surface area contributed by atoms with Crippen molar-refractivity contribution in [3.05, 3.63) is 12.4 Å². The molecular weight excluding hydrogens is 220 g/mol. The molecule has 1 aromatic rings. The van der Waals surface area contributed by atoms with Gasteiger partial charge in [-0.25, -0.2) is 4.98 Å². The van der Waals surface area contributed by atoms with Gasteiger partial charge in [-0.3, -0.25) is 4.98 Å². The smallest absolute Gasteiger partial charge is 0.146 e. The molecule has 0 saturated carbocycles. The van der Waals surface area contributed by atoms with E-state index < -0.39 is 0 Å². The Kier molecular flexibility index (Phi) is 6.00. The second kappa shape index (κ2) is 7.33. The summed E-state index contributed by atoms with van der Waals surface area (Å²) in [6, 6.07) is 0. The van der Waals surface area contributed by atoms with Crippen LogP contribution >= 0.6 is 11.8 Å². The van der Waals surface area contributed by atoms with Crippen molar-refractivity contribution in [3.8, 4) is 0 Å². The molecule has 0 aromatic carbocycles. The van der Waals surface area contributed by atoms with E-state index in [1.54, 1.807) is 12.4 Å². The van der Waals surface area contributed by atoms with Gasteiger partial charge in [-0.05, 0) is 19.6 Å². The Labute approximate surface area is 102 Å². The fourth-order valence-electron chi connectivity index (χ4n) is 1.24. The molecule has 1 rings (SSSR count). The average molecular weight is 240 g/mol. The van der Waals surface area contributed by atoms with Crippen molar-refractivity contribution in [2.24, 2.45) is 0 Å². The van der Waals surface area contributed by atoms with Crippen LogP contribution in [0.3, 0.4) is 0 Å². The molecule has 4 nitrogen and oxygen atoms in total. The maximum absolute atomic E-state index is 4.39. The molecular formula is C11H20N4S. The van der Waals surface area contributed by atoms with Crippen molar-refractivity contribution in [3.63, 3.8) is 0 Å². The van der Waals surface area contributed by atoms with Crippen molar-refractivity contribution in [2.45, 2.75) is 25.5 Å². The van der Waals surface area contributed by atoms with Gasteiger partial charge in [0.15, 0.2) is 0 Å². The number of hydrogen-bond acceptors (Lipinski definition) is 5. The van der Waals surface area contributed by atoms with E-state index in [0.717, 1.165) is 31.1 Å². The second-order valence-electron chi connectivity index (χ2n) is 3.58. The summed E-state index contributed by atoms with van der Waals surface area (Å²) >= 11 is 1.88. The van der Waals surface area contributed by atoms with Crippen molar-refractivity contribution >= 4 is 23.4 Å². The van der Waals surface area contributed by atoms with E-state index in [0.29, 0.717) is 5.25 Å². The molecule has 0 aliphatic rings. The lowest BCUT2D eigenvalue weighted by Crippen LogP contribution is -2.10. The monoisotopic (exact) mass is 240 g/mol. The van der Waals surface area contributed by atoms with E-state index in [2.05, 4.69) is 33.8 Å². The Hall–Kier alpha value is -0.970. The predicted molar refractivity (Wildman–Crippen MR) is 72.3 cm³/mol. The lowest BCUT2D eigenvalue weighted by atomic mass is 10.3. The number of thioether (sulfide) groups is 1. The van der Waals surface area contributed by atoms with Crippen molar-refractivity contribution in [1.82, 2.24) is 9.97 Å². The van der Waals surface area contributed by atoms with Gasteiger partial charge in [0.05, 0.1) is 12.4 Å². The zero-order valence-corrected chi connectivity index (χ0v) is 11.0. The van der Waals surface area contributed by atoms with Gasteiger partial charge in [-0.1, -0.05) is 6.92 Å². The number of aromatic nitrogens is 2. The molecule has 0 radical (unpaired) electrons. The van der Waals surface area contributed by atoms with E-state index >= 15 is 0 Å². The zero-order valence-electron chi connectivity index (χ0n) is 10.2. The Morgan fingerprint density at radius 3 is 2.62 bits per heavy atom. The number of anilines is 2. The summed E-state index contributed by atoms with van der Waals surface area (Å²) in [5.74, 6) is 1.66. The summed E-state index contributed by atoms with van der Waals surface area (Å²) in [5.41, 5.74) is 0. The highest BCUT2D eigenvalue weighted by Gasteiger charge is 2.00. The Morgan fingerprint density at radius 2 is 2.00 bits per heavy atom. The highest BCUT2D eigenvalue weighted by molar-refractivity contribution is 7.99. The second-order valence-corrected chi connectivity index (χ2v) is 4.86. The van der Waals surface area contributed by atoms with Gasteiger partial charge in [0.25, 0.3) is 0 Å². The van der Waals surface area contributed by atoms with Crippen molar-refractivity contribution in [1.29, 1.82) is 0 Å². The molecule has 0 bridgehead atoms. The Morgan fingerprint density at radius 1 is 1.31 bits per heavy atom. The van der Waals surface area contributed by atoms with Gasteiger partial charge >= 0.3 is 0 Å². The molecule has 90 valence electrons. The van der Waals surface area contributed by atoms with E-state index in [4.69, 9.17) is 0 Å². The number of nitrogens with zero attached hydrogens (tertiary/aromatic N) is 2. The van der Waals surface area contributed by atoms with Crippen LogP contribution in [0.4, 0.5) is 11.6 Å². The van der Waals surface area contributed by atoms with Gasteiger partial charge in [-0.2, -0.15) is 11.8 Å². The van der Waals surface area contributed by atoms with Gasteiger partial charge in [0, 0.05) is 18.3 Å². The minimum absolute atomic E-state index is 0.678. The molecule has 2 N–H and O–H groups in total. The van der Waals surface area contributed by atoms with Crippen molar-refractivity contribution in [2.75, 3.05) is 30.0 Å². The fourth-order valence-corrected chi connectivity index (χ4v) is 1.59. The topological polar surface area (TPSA) is 49.8 Å². The van der Waals surface area contributed by atoms with Gasteiger partial charge in [-0.15, -0.1) is 0 Å². The zero-order chi connectivity index (χ0) is 11.8. The minimum atomic E-state index is 0.678. The highest BCUT2D eigenvalue weighted by Crippen LogP contribution is 2.10. The van der Waals surface area contributed by atoms with Crippen LogP contribution in [0.25, 0.3) is 0 Å². The fraction of sp³-hybridized carbons (Fsp3) is 0.636. The van der Waals surface area contributed by atoms with E-state index in [1.807, 2.05) is 18.7 Å². The molecule has 16 heavy (non-hydrogen) atoms. The molecule has 0 aliphatic heterocycles. The first-order chi connectivity index (χ1) is 7.76. The van der Waals surface area contributed by atoms with Gasteiger partial charge in [0.2, 0.25) is 0 Å². The molecule has 1 heterocycles. The maximum atomic E-state index is 4.39.